The van der Waals surface area contributed by atoms with Gasteiger partial charge in [-0.25, -0.2) is 0 Å². The zero-order valence-corrected chi connectivity index (χ0v) is 12.0. The maximum atomic E-state index is 9.35. The molecule has 1 saturated carbocycles. The quantitative estimate of drug-likeness (QED) is 0.780. The Morgan fingerprint density at radius 3 is 2.84 bits per heavy atom. The van der Waals surface area contributed by atoms with E-state index in [1.165, 1.54) is 19.3 Å². The van der Waals surface area contributed by atoms with Gasteiger partial charge in [-0.05, 0) is 38.9 Å². The van der Waals surface area contributed by atoms with Crippen molar-refractivity contribution in [2.24, 2.45) is 5.92 Å². The molecule has 2 unspecified atom stereocenters. The van der Waals surface area contributed by atoms with E-state index in [2.05, 4.69) is 35.1 Å². The molecule has 0 radical (unpaired) electrons. The average Bonchev–Trinajstić information content (AvgIpc) is 2.63. The third kappa shape index (κ3) is 3.78. The van der Waals surface area contributed by atoms with E-state index in [0.717, 1.165) is 30.8 Å². The Morgan fingerprint density at radius 2 is 2.11 bits per heavy atom. The number of aryl methyl sites for hydroxylation is 1. The van der Waals surface area contributed by atoms with Crippen molar-refractivity contribution < 1.29 is 0 Å². The molecule has 1 aromatic heterocycles. The van der Waals surface area contributed by atoms with Gasteiger partial charge in [0.05, 0.1) is 17.7 Å². The van der Waals surface area contributed by atoms with Crippen LogP contribution in [0.5, 0.6) is 0 Å². The Bertz CT molecular complexity index is 450. The molecule has 102 valence electrons. The van der Waals surface area contributed by atoms with Crippen molar-refractivity contribution >= 4 is 0 Å². The lowest BCUT2D eigenvalue weighted by molar-refractivity contribution is 0.181. The van der Waals surface area contributed by atoms with E-state index in [9.17, 15) is 5.26 Å². The Morgan fingerprint density at radius 1 is 1.32 bits per heavy atom. The van der Waals surface area contributed by atoms with Gasteiger partial charge >= 0.3 is 0 Å². The first-order valence-corrected chi connectivity index (χ1v) is 7.23. The smallest absolute Gasteiger partial charge is 0.0672 e. The molecule has 0 N–H and O–H groups in total. The summed E-state index contributed by atoms with van der Waals surface area (Å²) in [6.45, 7) is 2.86. The van der Waals surface area contributed by atoms with E-state index in [0.29, 0.717) is 6.04 Å². The van der Waals surface area contributed by atoms with E-state index in [1.54, 1.807) is 0 Å². The molecule has 19 heavy (non-hydrogen) atoms. The lowest BCUT2D eigenvalue weighted by Gasteiger charge is -2.30. The van der Waals surface area contributed by atoms with Crippen LogP contribution in [0.4, 0.5) is 0 Å². The minimum absolute atomic E-state index is 0.178. The summed E-state index contributed by atoms with van der Waals surface area (Å²) >= 11 is 0. The summed E-state index contributed by atoms with van der Waals surface area (Å²) in [5, 5.41) is 9.35. The summed E-state index contributed by atoms with van der Waals surface area (Å²) in [7, 11) is 2.13. The summed E-state index contributed by atoms with van der Waals surface area (Å²) in [5.74, 6) is 0.178. The predicted molar refractivity (Wildman–Crippen MR) is 76.4 cm³/mol. The van der Waals surface area contributed by atoms with Crippen LogP contribution in [-0.2, 0) is 6.54 Å². The fraction of sp³-hybridized carbons (Fsp3) is 0.625. The van der Waals surface area contributed by atoms with Crippen molar-refractivity contribution in [3.63, 3.8) is 0 Å². The molecule has 2 rings (SSSR count). The number of aromatic nitrogens is 1. The van der Waals surface area contributed by atoms with Crippen LogP contribution >= 0.6 is 0 Å². The minimum atomic E-state index is 0.178. The normalized spacial score (nSPS) is 23.9. The zero-order valence-electron chi connectivity index (χ0n) is 12.0. The van der Waals surface area contributed by atoms with E-state index >= 15 is 0 Å². The number of hydrogen-bond acceptors (Lipinski definition) is 3. The molecule has 3 nitrogen and oxygen atoms in total. The molecule has 3 heteroatoms. The second-order valence-corrected chi connectivity index (χ2v) is 5.63. The molecule has 0 saturated heterocycles. The molecule has 0 spiro atoms. The molecule has 1 aliphatic rings. The van der Waals surface area contributed by atoms with Crippen LogP contribution < -0.4 is 0 Å². The van der Waals surface area contributed by atoms with Gasteiger partial charge in [0.25, 0.3) is 0 Å². The van der Waals surface area contributed by atoms with Crippen molar-refractivity contribution in [3.05, 3.63) is 29.6 Å². The number of hydrogen-bond donors (Lipinski definition) is 0. The van der Waals surface area contributed by atoms with E-state index in [1.807, 2.05) is 13.0 Å². The van der Waals surface area contributed by atoms with Gasteiger partial charge < -0.3 is 0 Å². The third-order valence-corrected chi connectivity index (χ3v) is 4.07. The summed E-state index contributed by atoms with van der Waals surface area (Å²) < 4.78 is 0. The molecule has 0 aromatic carbocycles. The second-order valence-electron chi connectivity index (χ2n) is 5.63. The van der Waals surface area contributed by atoms with Crippen LogP contribution in [0.3, 0.4) is 0 Å². The highest BCUT2D eigenvalue weighted by Gasteiger charge is 2.27. The van der Waals surface area contributed by atoms with Crippen LogP contribution in [0.25, 0.3) is 0 Å². The van der Waals surface area contributed by atoms with Crippen molar-refractivity contribution in [3.8, 4) is 6.07 Å². The molecular weight excluding hydrogens is 234 g/mol. The zero-order chi connectivity index (χ0) is 13.7. The Labute approximate surface area is 116 Å². The Hall–Kier alpha value is -1.40. The van der Waals surface area contributed by atoms with E-state index in [4.69, 9.17) is 0 Å². The molecule has 1 aliphatic carbocycles. The fourth-order valence-electron chi connectivity index (χ4n) is 3.03. The predicted octanol–water partition coefficient (Wildman–Crippen LogP) is 3.29. The number of nitriles is 1. The minimum Gasteiger partial charge on any atom is -0.296 e. The Balaban J connectivity index is 2.05. The van der Waals surface area contributed by atoms with Crippen LogP contribution in [-0.4, -0.2) is 23.0 Å². The van der Waals surface area contributed by atoms with Gasteiger partial charge in [0.2, 0.25) is 0 Å². The third-order valence-electron chi connectivity index (χ3n) is 4.07. The van der Waals surface area contributed by atoms with Crippen LogP contribution in [0.15, 0.2) is 18.2 Å². The molecule has 1 fully saturated rings. The van der Waals surface area contributed by atoms with Gasteiger partial charge in [-0.3, -0.25) is 9.88 Å². The monoisotopic (exact) mass is 257 g/mol. The highest BCUT2D eigenvalue weighted by molar-refractivity contribution is 5.10. The first-order chi connectivity index (χ1) is 9.20. The van der Waals surface area contributed by atoms with E-state index in [-0.39, 0.29) is 5.92 Å². The molecule has 0 amide bonds. The SMILES string of the molecule is Cc1cccc(CN(C)C2CCCCCC2C#N)n1. The Kier molecular flexibility index (Phi) is 4.93. The van der Waals surface area contributed by atoms with Gasteiger partial charge in [0.15, 0.2) is 0 Å². The fourth-order valence-corrected chi connectivity index (χ4v) is 3.03. The van der Waals surface area contributed by atoms with Gasteiger partial charge in [-0.1, -0.05) is 25.3 Å². The van der Waals surface area contributed by atoms with Gasteiger partial charge in [0, 0.05) is 18.3 Å². The van der Waals surface area contributed by atoms with Crippen molar-refractivity contribution in [2.75, 3.05) is 7.05 Å². The van der Waals surface area contributed by atoms with Gasteiger partial charge in [-0.15, -0.1) is 0 Å². The topological polar surface area (TPSA) is 39.9 Å². The second kappa shape index (κ2) is 6.68. The van der Waals surface area contributed by atoms with Crippen LogP contribution in [0.1, 0.15) is 43.5 Å². The lowest BCUT2D eigenvalue weighted by atomic mass is 9.95. The molecular formula is C16H23N3. The highest BCUT2D eigenvalue weighted by Crippen LogP contribution is 2.27. The summed E-state index contributed by atoms with van der Waals surface area (Å²) in [4.78, 5) is 6.88. The molecule has 1 heterocycles. The van der Waals surface area contributed by atoms with Crippen molar-refractivity contribution in [2.45, 2.75) is 51.6 Å². The van der Waals surface area contributed by atoms with Crippen LogP contribution in [0, 0.1) is 24.2 Å². The number of pyridine rings is 1. The first-order valence-electron chi connectivity index (χ1n) is 7.23. The molecule has 1 aromatic rings. The molecule has 0 bridgehead atoms. The van der Waals surface area contributed by atoms with Crippen molar-refractivity contribution in [1.29, 1.82) is 5.26 Å². The summed E-state index contributed by atoms with van der Waals surface area (Å²) in [6.07, 6.45) is 5.90. The average molecular weight is 257 g/mol. The van der Waals surface area contributed by atoms with E-state index < -0.39 is 0 Å². The first kappa shape index (κ1) is 14.0. The standard InChI is InChI=1S/C16H23N3/c1-13-7-6-9-15(18-13)12-19(2)16-10-5-3-4-8-14(16)11-17/h6-7,9,14,16H,3-5,8,10,12H2,1-2H3. The number of rotatable bonds is 3. The maximum absolute atomic E-state index is 9.35. The highest BCUT2D eigenvalue weighted by atomic mass is 15.1. The maximum Gasteiger partial charge on any atom is 0.0672 e. The number of nitrogens with zero attached hydrogens (tertiary/aromatic N) is 3. The van der Waals surface area contributed by atoms with Gasteiger partial charge in [-0.2, -0.15) is 5.26 Å². The van der Waals surface area contributed by atoms with Crippen molar-refractivity contribution in [1.82, 2.24) is 9.88 Å². The summed E-state index contributed by atoms with van der Waals surface area (Å²) in [6, 6.07) is 9.04. The van der Waals surface area contributed by atoms with Crippen LogP contribution in [0.2, 0.25) is 0 Å². The molecule has 0 aliphatic heterocycles. The molecule has 2 atom stereocenters. The lowest BCUT2D eigenvalue weighted by Crippen LogP contribution is -2.36. The van der Waals surface area contributed by atoms with Gasteiger partial charge in [0.1, 0.15) is 0 Å². The summed E-state index contributed by atoms with van der Waals surface area (Å²) in [5.41, 5.74) is 2.16. The largest absolute Gasteiger partial charge is 0.296 e.